The molecule has 1 amide bonds. The smallest absolute Gasteiger partial charge is 0.277 e. The zero-order valence-corrected chi connectivity index (χ0v) is 12.9. The fraction of sp³-hybridized carbons (Fsp3) is 0.467. The summed E-state index contributed by atoms with van der Waals surface area (Å²) in [5.41, 5.74) is 3.59. The van der Waals surface area contributed by atoms with E-state index in [0.29, 0.717) is 10.8 Å². The van der Waals surface area contributed by atoms with Gasteiger partial charge >= 0.3 is 0 Å². The molecule has 6 heteroatoms. The lowest BCUT2D eigenvalue weighted by atomic mass is 10.1. The normalized spacial score (nSPS) is 15.6. The third-order valence-corrected chi connectivity index (χ3v) is 3.65. The van der Waals surface area contributed by atoms with Crippen molar-refractivity contribution in [3.05, 3.63) is 29.3 Å². The number of piperidine rings is 1. The molecule has 0 radical (unpaired) electrons. The molecule has 0 aromatic heterocycles. The van der Waals surface area contributed by atoms with E-state index in [1.54, 1.807) is 24.3 Å². The van der Waals surface area contributed by atoms with Crippen LogP contribution in [0.4, 0.5) is 0 Å². The van der Waals surface area contributed by atoms with Gasteiger partial charge in [-0.25, -0.2) is 5.43 Å². The Bertz CT molecular complexity index is 492. The van der Waals surface area contributed by atoms with Crippen molar-refractivity contribution in [1.82, 2.24) is 10.3 Å². The lowest BCUT2D eigenvalue weighted by molar-refractivity contribution is -0.123. The number of ether oxygens (including phenoxy) is 1. The highest BCUT2D eigenvalue weighted by Crippen LogP contribution is 2.15. The van der Waals surface area contributed by atoms with Gasteiger partial charge in [-0.3, -0.25) is 4.79 Å². The third-order valence-electron chi connectivity index (χ3n) is 3.40. The maximum Gasteiger partial charge on any atom is 0.277 e. The molecule has 1 heterocycles. The average molecular weight is 310 g/mol. The van der Waals surface area contributed by atoms with Gasteiger partial charge < -0.3 is 9.64 Å². The van der Waals surface area contributed by atoms with Crippen LogP contribution in [0, 0.1) is 0 Å². The SMILES string of the molecule is CCN1CCC(=NNC(=O)COc2ccc(Cl)cc2)CC1. The van der Waals surface area contributed by atoms with Crippen molar-refractivity contribution in [2.45, 2.75) is 19.8 Å². The number of benzene rings is 1. The molecule has 0 saturated carbocycles. The molecule has 0 bridgehead atoms. The molecule has 0 atom stereocenters. The van der Waals surface area contributed by atoms with Gasteiger partial charge in [-0.2, -0.15) is 5.10 Å². The van der Waals surface area contributed by atoms with Crippen LogP contribution in [0.1, 0.15) is 19.8 Å². The maximum absolute atomic E-state index is 11.7. The van der Waals surface area contributed by atoms with E-state index >= 15 is 0 Å². The van der Waals surface area contributed by atoms with E-state index < -0.39 is 0 Å². The first-order valence-electron chi connectivity index (χ1n) is 7.12. The van der Waals surface area contributed by atoms with Crippen LogP contribution in [0.3, 0.4) is 0 Å². The summed E-state index contributed by atoms with van der Waals surface area (Å²) in [5, 5.41) is 4.80. The molecule has 0 aliphatic carbocycles. The van der Waals surface area contributed by atoms with E-state index in [2.05, 4.69) is 22.4 Å². The van der Waals surface area contributed by atoms with E-state index in [-0.39, 0.29) is 12.5 Å². The van der Waals surface area contributed by atoms with Crippen LogP contribution in [0.5, 0.6) is 5.75 Å². The summed E-state index contributed by atoms with van der Waals surface area (Å²) < 4.78 is 5.35. The summed E-state index contributed by atoms with van der Waals surface area (Å²) in [6, 6.07) is 6.89. The molecule has 1 fully saturated rings. The van der Waals surface area contributed by atoms with E-state index in [0.717, 1.165) is 38.2 Å². The van der Waals surface area contributed by atoms with Crippen molar-refractivity contribution in [2.75, 3.05) is 26.2 Å². The number of rotatable bonds is 5. The Morgan fingerprint density at radius 2 is 2.00 bits per heavy atom. The molecular formula is C15H20ClN3O2. The lowest BCUT2D eigenvalue weighted by Gasteiger charge is -2.25. The van der Waals surface area contributed by atoms with Gasteiger partial charge in [-0.05, 0) is 30.8 Å². The number of nitrogens with one attached hydrogen (secondary N) is 1. The summed E-state index contributed by atoms with van der Waals surface area (Å²) in [7, 11) is 0. The first-order valence-corrected chi connectivity index (χ1v) is 7.50. The molecule has 1 aliphatic heterocycles. The number of carbonyl (C=O) groups is 1. The van der Waals surface area contributed by atoms with Crippen LogP contribution in [-0.4, -0.2) is 42.8 Å². The number of halogens is 1. The van der Waals surface area contributed by atoms with Crippen molar-refractivity contribution in [1.29, 1.82) is 0 Å². The minimum absolute atomic E-state index is 0.0561. The van der Waals surface area contributed by atoms with Crippen LogP contribution in [0.2, 0.25) is 5.02 Å². The van der Waals surface area contributed by atoms with Crippen LogP contribution in [0.25, 0.3) is 0 Å². The summed E-state index contributed by atoms with van der Waals surface area (Å²) in [6.07, 6.45) is 1.82. The second-order valence-electron chi connectivity index (χ2n) is 4.89. The number of nitrogens with zero attached hydrogens (tertiary/aromatic N) is 2. The molecular weight excluding hydrogens is 290 g/mol. The number of likely N-dealkylation sites (tertiary alicyclic amines) is 1. The highest BCUT2D eigenvalue weighted by atomic mass is 35.5. The quantitative estimate of drug-likeness (QED) is 0.849. The fourth-order valence-electron chi connectivity index (χ4n) is 2.09. The van der Waals surface area contributed by atoms with Gasteiger partial charge in [0.25, 0.3) is 5.91 Å². The predicted molar refractivity (Wildman–Crippen MR) is 83.9 cm³/mol. The molecule has 2 rings (SSSR count). The van der Waals surface area contributed by atoms with Gasteiger partial charge in [-0.1, -0.05) is 18.5 Å². The van der Waals surface area contributed by atoms with Crippen LogP contribution >= 0.6 is 11.6 Å². The Balaban J connectivity index is 1.71. The lowest BCUT2D eigenvalue weighted by Crippen LogP contribution is -2.35. The van der Waals surface area contributed by atoms with Crippen molar-refractivity contribution >= 4 is 23.2 Å². The third kappa shape index (κ3) is 5.36. The van der Waals surface area contributed by atoms with Gasteiger partial charge in [0.15, 0.2) is 6.61 Å². The molecule has 1 saturated heterocycles. The van der Waals surface area contributed by atoms with Gasteiger partial charge in [0.2, 0.25) is 0 Å². The van der Waals surface area contributed by atoms with Gasteiger partial charge in [0.1, 0.15) is 5.75 Å². The maximum atomic E-state index is 11.7. The largest absolute Gasteiger partial charge is 0.484 e. The first kappa shape index (κ1) is 15.8. The molecule has 1 aliphatic rings. The Morgan fingerprint density at radius 1 is 1.33 bits per heavy atom. The van der Waals surface area contributed by atoms with Gasteiger partial charge in [0.05, 0.1) is 0 Å². The molecule has 0 unspecified atom stereocenters. The molecule has 0 spiro atoms. The summed E-state index contributed by atoms with van der Waals surface area (Å²) in [5.74, 6) is 0.355. The topological polar surface area (TPSA) is 53.9 Å². The van der Waals surface area contributed by atoms with E-state index in [4.69, 9.17) is 16.3 Å². The predicted octanol–water partition coefficient (Wildman–Crippen LogP) is 2.31. The van der Waals surface area contributed by atoms with E-state index in [1.807, 2.05) is 0 Å². The Morgan fingerprint density at radius 3 is 2.62 bits per heavy atom. The minimum atomic E-state index is -0.254. The van der Waals surface area contributed by atoms with Crippen molar-refractivity contribution in [3.8, 4) is 5.75 Å². The Labute approximate surface area is 129 Å². The van der Waals surface area contributed by atoms with Crippen molar-refractivity contribution in [2.24, 2.45) is 5.10 Å². The van der Waals surface area contributed by atoms with Crippen molar-refractivity contribution in [3.63, 3.8) is 0 Å². The number of hydrazone groups is 1. The summed E-state index contributed by atoms with van der Waals surface area (Å²) in [4.78, 5) is 14.0. The van der Waals surface area contributed by atoms with E-state index in [9.17, 15) is 4.79 Å². The second kappa shape index (κ2) is 8.00. The van der Waals surface area contributed by atoms with Crippen molar-refractivity contribution < 1.29 is 9.53 Å². The average Bonchev–Trinajstić information content (AvgIpc) is 2.53. The molecule has 1 aromatic carbocycles. The van der Waals surface area contributed by atoms with E-state index in [1.165, 1.54) is 0 Å². The number of hydrogen-bond donors (Lipinski definition) is 1. The highest BCUT2D eigenvalue weighted by molar-refractivity contribution is 6.30. The monoisotopic (exact) mass is 309 g/mol. The van der Waals surface area contributed by atoms with Gasteiger partial charge in [0, 0.05) is 36.7 Å². The molecule has 1 N–H and O–H groups in total. The first-order chi connectivity index (χ1) is 10.2. The highest BCUT2D eigenvalue weighted by Gasteiger charge is 2.13. The molecule has 5 nitrogen and oxygen atoms in total. The minimum Gasteiger partial charge on any atom is -0.484 e. The number of amides is 1. The number of carbonyl (C=O) groups excluding carboxylic acids is 1. The van der Waals surface area contributed by atoms with Crippen LogP contribution in [0.15, 0.2) is 29.4 Å². The number of hydrogen-bond acceptors (Lipinski definition) is 4. The summed E-state index contributed by atoms with van der Waals surface area (Å²) >= 11 is 5.77. The van der Waals surface area contributed by atoms with Gasteiger partial charge in [-0.15, -0.1) is 0 Å². The van der Waals surface area contributed by atoms with Crippen LogP contribution < -0.4 is 10.2 Å². The standard InChI is InChI=1S/C15H20ClN3O2/c1-2-19-9-7-13(8-10-19)17-18-15(20)11-21-14-5-3-12(16)4-6-14/h3-6H,2,7-11H2,1H3,(H,18,20). The Kier molecular flexibility index (Phi) is 6.02. The zero-order valence-electron chi connectivity index (χ0n) is 12.1. The Hall–Kier alpha value is -1.59. The molecule has 1 aromatic rings. The molecule has 114 valence electrons. The second-order valence-corrected chi connectivity index (χ2v) is 5.33. The zero-order chi connectivity index (χ0) is 15.1. The van der Waals surface area contributed by atoms with Crippen LogP contribution in [-0.2, 0) is 4.79 Å². The molecule has 21 heavy (non-hydrogen) atoms. The fourth-order valence-corrected chi connectivity index (χ4v) is 2.22. The summed E-state index contributed by atoms with van der Waals surface area (Å²) in [6.45, 7) is 5.17.